The van der Waals surface area contributed by atoms with Gasteiger partial charge in [-0.3, -0.25) is 9.59 Å². The van der Waals surface area contributed by atoms with Crippen LogP contribution in [0.3, 0.4) is 0 Å². The van der Waals surface area contributed by atoms with E-state index in [2.05, 4.69) is 0 Å². The van der Waals surface area contributed by atoms with Gasteiger partial charge in [0.2, 0.25) is 5.91 Å². The molecule has 1 aromatic rings. The van der Waals surface area contributed by atoms with E-state index in [1.54, 1.807) is 0 Å². The first-order valence-electron chi connectivity index (χ1n) is 6.33. The highest BCUT2D eigenvalue weighted by molar-refractivity contribution is 5.99. The average Bonchev–Trinajstić information content (AvgIpc) is 2.95. The maximum absolute atomic E-state index is 12.4. The van der Waals surface area contributed by atoms with E-state index in [0.29, 0.717) is 24.1 Å². The lowest BCUT2D eigenvalue weighted by Crippen LogP contribution is -2.41. The van der Waals surface area contributed by atoms with Crippen molar-refractivity contribution >= 4 is 17.8 Å². The fourth-order valence-electron chi connectivity index (χ4n) is 2.33. The maximum atomic E-state index is 12.4. The van der Waals surface area contributed by atoms with Gasteiger partial charge in [0.25, 0.3) is 5.91 Å². The standard InChI is InChI=1S/C14H16N2O4/c1-20-14(19)11-3-2-8-16(11)13(18)10-6-4-9(5-7-10)12(15)17/h4-7,11H,2-3,8H2,1H3,(H2,15,17). The van der Waals surface area contributed by atoms with Gasteiger partial charge in [-0.1, -0.05) is 0 Å². The summed E-state index contributed by atoms with van der Waals surface area (Å²) in [6, 6.07) is 5.55. The van der Waals surface area contributed by atoms with Crippen LogP contribution in [0.4, 0.5) is 0 Å². The van der Waals surface area contributed by atoms with Gasteiger partial charge < -0.3 is 15.4 Å². The van der Waals surface area contributed by atoms with Gasteiger partial charge in [-0.15, -0.1) is 0 Å². The summed E-state index contributed by atoms with van der Waals surface area (Å²) in [5, 5.41) is 0. The average molecular weight is 276 g/mol. The van der Waals surface area contributed by atoms with Gasteiger partial charge in [0, 0.05) is 17.7 Å². The van der Waals surface area contributed by atoms with Gasteiger partial charge in [0.05, 0.1) is 7.11 Å². The predicted octanol–water partition coefficient (Wildman–Crippen LogP) is 0.563. The van der Waals surface area contributed by atoms with Crippen LogP contribution < -0.4 is 5.73 Å². The van der Waals surface area contributed by atoms with Crippen LogP contribution >= 0.6 is 0 Å². The van der Waals surface area contributed by atoms with E-state index < -0.39 is 17.9 Å². The molecule has 6 nitrogen and oxygen atoms in total. The minimum absolute atomic E-state index is 0.242. The number of rotatable bonds is 3. The SMILES string of the molecule is COC(=O)C1CCCN1C(=O)c1ccc(C(N)=O)cc1. The van der Waals surface area contributed by atoms with E-state index in [1.165, 1.54) is 36.3 Å². The van der Waals surface area contributed by atoms with Gasteiger partial charge in [-0.05, 0) is 37.1 Å². The minimum Gasteiger partial charge on any atom is -0.467 e. The number of ether oxygens (including phenoxy) is 1. The van der Waals surface area contributed by atoms with Crippen molar-refractivity contribution in [3.05, 3.63) is 35.4 Å². The van der Waals surface area contributed by atoms with Crippen LogP contribution in [0.5, 0.6) is 0 Å². The topological polar surface area (TPSA) is 89.7 Å². The number of carbonyl (C=O) groups is 3. The minimum atomic E-state index is -0.544. The Kier molecular flexibility index (Phi) is 4.02. The third-order valence-electron chi connectivity index (χ3n) is 3.40. The van der Waals surface area contributed by atoms with Crippen molar-refractivity contribution in [1.82, 2.24) is 4.90 Å². The number of hydrogen-bond acceptors (Lipinski definition) is 4. The number of esters is 1. The van der Waals surface area contributed by atoms with Crippen LogP contribution in [-0.2, 0) is 9.53 Å². The van der Waals surface area contributed by atoms with Crippen molar-refractivity contribution in [3.63, 3.8) is 0 Å². The molecule has 106 valence electrons. The summed E-state index contributed by atoms with van der Waals surface area (Å²) in [6.45, 7) is 0.524. The molecule has 1 saturated heterocycles. The first-order valence-corrected chi connectivity index (χ1v) is 6.33. The molecule has 0 saturated carbocycles. The maximum Gasteiger partial charge on any atom is 0.328 e. The fraction of sp³-hybridized carbons (Fsp3) is 0.357. The summed E-state index contributed by atoms with van der Waals surface area (Å²) in [7, 11) is 1.31. The Morgan fingerprint density at radius 2 is 1.80 bits per heavy atom. The fourth-order valence-corrected chi connectivity index (χ4v) is 2.33. The molecule has 1 unspecified atom stereocenters. The molecule has 6 heteroatoms. The molecule has 0 radical (unpaired) electrons. The van der Waals surface area contributed by atoms with Gasteiger partial charge in [0.15, 0.2) is 0 Å². The molecule has 1 aliphatic heterocycles. The number of hydrogen-bond donors (Lipinski definition) is 1. The molecule has 1 fully saturated rings. The van der Waals surface area contributed by atoms with E-state index in [1.807, 2.05) is 0 Å². The summed E-state index contributed by atoms with van der Waals surface area (Å²) in [6.07, 6.45) is 1.38. The van der Waals surface area contributed by atoms with E-state index in [0.717, 1.165) is 6.42 Å². The van der Waals surface area contributed by atoms with E-state index in [9.17, 15) is 14.4 Å². The second-order valence-corrected chi connectivity index (χ2v) is 4.62. The highest BCUT2D eigenvalue weighted by Crippen LogP contribution is 2.21. The molecule has 0 spiro atoms. The van der Waals surface area contributed by atoms with Gasteiger partial charge in [0.1, 0.15) is 6.04 Å². The summed E-state index contributed by atoms with van der Waals surface area (Å²) >= 11 is 0. The van der Waals surface area contributed by atoms with Crippen molar-refractivity contribution in [2.24, 2.45) is 5.73 Å². The largest absolute Gasteiger partial charge is 0.467 e. The van der Waals surface area contributed by atoms with Crippen LogP contribution in [0.2, 0.25) is 0 Å². The number of likely N-dealkylation sites (tertiary alicyclic amines) is 1. The molecule has 2 N–H and O–H groups in total. The zero-order valence-electron chi connectivity index (χ0n) is 11.2. The van der Waals surface area contributed by atoms with Crippen LogP contribution in [-0.4, -0.2) is 42.4 Å². The third-order valence-corrected chi connectivity index (χ3v) is 3.40. The van der Waals surface area contributed by atoms with Crippen LogP contribution in [0.25, 0.3) is 0 Å². The molecule has 0 aliphatic carbocycles. The number of benzene rings is 1. The molecule has 1 aromatic carbocycles. The monoisotopic (exact) mass is 276 g/mol. The highest BCUT2D eigenvalue weighted by atomic mass is 16.5. The molecular weight excluding hydrogens is 260 g/mol. The van der Waals surface area contributed by atoms with Crippen molar-refractivity contribution in [2.45, 2.75) is 18.9 Å². The summed E-state index contributed by atoms with van der Waals surface area (Å²) in [5.74, 6) is -1.18. The smallest absolute Gasteiger partial charge is 0.328 e. The Balaban J connectivity index is 2.18. The van der Waals surface area contributed by atoms with Gasteiger partial charge in [-0.25, -0.2) is 4.79 Å². The lowest BCUT2D eigenvalue weighted by Gasteiger charge is -2.22. The zero-order valence-corrected chi connectivity index (χ0v) is 11.2. The number of nitrogens with two attached hydrogens (primary N) is 1. The van der Waals surface area contributed by atoms with E-state index in [4.69, 9.17) is 10.5 Å². The van der Waals surface area contributed by atoms with Crippen molar-refractivity contribution in [2.75, 3.05) is 13.7 Å². The number of amides is 2. The lowest BCUT2D eigenvalue weighted by molar-refractivity contribution is -0.145. The van der Waals surface area contributed by atoms with Crippen LogP contribution in [0.15, 0.2) is 24.3 Å². The summed E-state index contributed by atoms with van der Waals surface area (Å²) < 4.78 is 4.71. The lowest BCUT2D eigenvalue weighted by atomic mass is 10.1. The zero-order chi connectivity index (χ0) is 14.7. The second-order valence-electron chi connectivity index (χ2n) is 4.62. The Morgan fingerprint density at radius 3 is 2.35 bits per heavy atom. The second kappa shape index (κ2) is 5.73. The van der Waals surface area contributed by atoms with Gasteiger partial charge >= 0.3 is 5.97 Å². The van der Waals surface area contributed by atoms with Crippen LogP contribution in [0.1, 0.15) is 33.6 Å². The van der Waals surface area contributed by atoms with Crippen molar-refractivity contribution in [1.29, 1.82) is 0 Å². The quantitative estimate of drug-likeness (QED) is 0.817. The van der Waals surface area contributed by atoms with E-state index in [-0.39, 0.29) is 5.91 Å². The molecule has 2 amide bonds. The van der Waals surface area contributed by atoms with E-state index >= 15 is 0 Å². The highest BCUT2D eigenvalue weighted by Gasteiger charge is 2.35. The number of carbonyl (C=O) groups excluding carboxylic acids is 3. The number of primary amides is 1. The molecule has 1 atom stereocenters. The van der Waals surface area contributed by atoms with Crippen molar-refractivity contribution in [3.8, 4) is 0 Å². The summed E-state index contributed by atoms with van der Waals surface area (Å²) in [5.41, 5.74) is 5.91. The Labute approximate surface area is 116 Å². The predicted molar refractivity (Wildman–Crippen MR) is 71.0 cm³/mol. The molecule has 0 aromatic heterocycles. The van der Waals surface area contributed by atoms with Crippen LogP contribution in [0, 0.1) is 0 Å². The Hall–Kier alpha value is -2.37. The molecule has 2 rings (SSSR count). The number of methoxy groups -OCH3 is 1. The normalized spacial score (nSPS) is 17.9. The summed E-state index contributed by atoms with van der Waals surface area (Å²) in [4.78, 5) is 36.5. The van der Waals surface area contributed by atoms with Crippen molar-refractivity contribution < 1.29 is 19.1 Å². The molecule has 1 heterocycles. The third kappa shape index (κ3) is 2.64. The Bertz CT molecular complexity index is 539. The molecule has 20 heavy (non-hydrogen) atoms. The molecule has 0 bridgehead atoms. The van der Waals surface area contributed by atoms with Gasteiger partial charge in [-0.2, -0.15) is 0 Å². The number of nitrogens with zero attached hydrogens (tertiary/aromatic N) is 1. The molecular formula is C14H16N2O4. The molecule has 1 aliphatic rings. The first kappa shape index (κ1) is 14.0. The first-order chi connectivity index (χ1) is 9.54. The Morgan fingerprint density at radius 1 is 1.20 bits per heavy atom.